The number of halogens is 1. The van der Waals surface area contributed by atoms with Crippen LogP contribution in [0.1, 0.15) is 11.3 Å². The molecule has 0 spiro atoms. The lowest BCUT2D eigenvalue weighted by molar-refractivity contribution is 0.181. The second-order valence-corrected chi connectivity index (χ2v) is 5.15. The minimum atomic E-state index is 0.534. The van der Waals surface area contributed by atoms with Gasteiger partial charge in [0.2, 0.25) is 0 Å². The number of nitrogens with zero attached hydrogens (tertiary/aromatic N) is 1. The van der Waals surface area contributed by atoms with Crippen LogP contribution in [0.5, 0.6) is 0 Å². The van der Waals surface area contributed by atoms with Crippen molar-refractivity contribution >= 4 is 28.1 Å². The van der Waals surface area contributed by atoms with Gasteiger partial charge in [-0.15, -0.1) is 0 Å². The molecule has 0 saturated carbocycles. The van der Waals surface area contributed by atoms with Gasteiger partial charge in [-0.2, -0.15) is 0 Å². The second-order valence-electron chi connectivity index (χ2n) is 3.82. The fourth-order valence-corrected chi connectivity index (χ4v) is 2.48. The van der Waals surface area contributed by atoms with Crippen molar-refractivity contribution in [2.75, 3.05) is 7.11 Å². The zero-order valence-corrected chi connectivity index (χ0v) is 12.1. The average molecular weight is 313 g/mol. The molecule has 1 N–H and O–H groups in total. The first-order chi connectivity index (χ1) is 8.11. The highest BCUT2D eigenvalue weighted by Gasteiger charge is 2.05. The number of aromatic nitrogens is 2. The Balaban J connectivity index is 2.49. The van der Waals surface area contributed by atoms with Gasteiger partial charge in [0.1, 0.15) is 4.64 Å². The van der Waals surface area contributed by atoms with Crippen molar-refractivity contribution in [3.05, 3.63) is 44.6 Å². The summed E-state index contributed by atoms with van der Waals surface area (Å²) in [5.41, 5.74) is 3.18. The van der Waals surface area contributed by atoms with Gasteiger partial charge in [0.15, 0.2) is 0 Å². The average Bonchev–Trinajstić information content (AvgIpc) is 2.60. The Morgan fingerprint density at radius 3 is 2.82 bits per heavy atom. The number of H-pyrrole nitrogens is 1. The maximum absolute atomic E-state index is 5.33. The number of hydrogen-bond donors (Lipinski definition) is 1. The van der Waals surface area contributed by atoms with Gasteiger partial charge in [0.05, 0.1) is 18.0 Å². The Labute approximate surface area is 114 Å². The maximum atomic E-state index is 5.33. The van der Waals surface area contributed by atoms with Crippen molar-refractivity contribution in [3.63, 3.8) is 0 Å². The van der Waals surface area contributed by atoms with Gasteiger partial charge < -0.3 is 4.74 Å². The zero-order chi connectivity index (χ0) is 12.4. The number of rotatable bonds is 3. The Kier molecular flexibility index (Phi) is 3.81. The van der Waals surface area contributed by atoms with Crippen LogP contribution in [0.4, 0.5) is 0 Å². The van der Waals surface area contributed by atoms with Gasteiger partial charge in [-0.1, -0.05) is 28.1 Å². The maximum Gasteiger partial charge on any atom is 0.128 e. The Bertz CT molecular complexity index is 588. The third kappa shape index (κ3) is 2.68. The third-order valence-corrected chi connectivity index (χ3v) is 3.27. The fourth-order valence-electron chi connectivity index (χ4n) is 1.72. The number of nitrogens with one attached hydrogen (secondary N) is 1. The Morgan fingerprint density at radius 2 is 2.18 bits per heavy atom. The van der Waals surface area contributed by atoms with E-state index in [0.717, 1.165) is 26.1 Å². The first-order valence-corrected chi connectivity index (χ1v) is 6.38. The van der Waals surface area contributed by atoms with E-state index in [1.807, 2.05) is 22.9 Å². The van der Waals surface area contributed by atoms with Crippen molar-refractivity contribution in [2.24, 2.45) is 0 Å². The molecule has 1 aromatic carbocycles. The number of hydrogen-bond acceptors (Lipinski definition) is 2. The number of methoxy groups -OCH3 is 1. The molecule has 0 aliphatic rings. The lowest BCUT2D eigenvalue weighted by Crippen LogP contribution is -2.00. The highest BCUT2D eigenvalue weighted by molar-refractivity contribution is 9.10. The minimum absolute atomic E-state index is 0.534. The molecule has 0 atom stereocenters. The molecule has 3 nitrogen and oxygen atoms in total. The molecule has 90 valence electrons. The van der Waals surface area contributed by atoms with E-state index in [0.29, 0.717) is 6.61 Å². The largest absolute Gasteiger partial charge is 0.378 e. The summed E-state index contributed by atoms with van der Waals surface area (Å²) in [5.74, 6) is 0. The van der Waals surface area contributed by atoms with Crippen LogP contribution < -0.4 is 0 Å². The summed E-state index contributed by atoms with van der Waals surface area (Å²) in [5, 5.41) is 3.23. The molecule has 0 aliphatic carbocycles. The second kappa shape index (κ2) is 5.16. The molecule has 0 fully saturated rings. The van der Waals surface area contributed by atoms with Crippen molar-refractivity contribution < 1.29 is 4.74 Å². The van der Waals surface area contributed by atoms with Crippen LogP contribution in [0.25, 0.3) is 5.69 Å². The fraction of sp³-hybridized carbons (Fsp3) is 0.250. The first-order valence-electron chi connectivity index (χ1n) is 5.18. The van der Waals surface area contributed by atoms with E-state index in [1.165, 1.54) is 0 Å². The molecular weight excluding hydrogens is 300 g/mol. The highest BCUT2D eigenvalue weighted by atomic mass is 79.9. The molecule has 5 heteroatoms. The molecule has 0 unspecified atom stereocenters. The van der Waals surface area contributed by atoms with Crippen LogP contribution in [-0.2, 0) is 11.3 Å². The number of ether oxygens (including phenoxy) is 1. The molecule has 2 aromatic rings. The molecule has 0 radical (unpaired) electrons. The zero-order valence-electron chi connectivity index (χ0n) is 9.66. The van der Waals surface area contributed by atoms with E-state index >= 15 is 0 Å². The van der Waals surface area contributed by atoms with Crippen LogP contribution in [0.3, 0.4) is 0 Å². The molecule has 17 heavy (non-hydrogen) atoms. The molecule has 2 rings (SSSR count). The van der Waals surface area contributed by atoms with Gasteiger partial charge in [-0.25, -0.2) is 4.68 Å². The topological polar surface area (TPSA) is 29.9 Å². The first kappa shape index (κ1) is 12.5. The molecule has 1 heterocycles. The van der Waals surface area contributed by atoms with Gasteiger partial charge in [0, 0.05) is 11.6 Å². The Hall–Kier alpha value is -0.910. The molecule has 0 aliphatic heterocycles. The van der Waals surface area contributed by atoms with E-state index in [2.05, 4.69) is 34.0 Å². The molecule has 0 saturated heterocycles. The summed E-state index contributed by atoms with van der Waals surface area (Å²) in [6.07, 6.45) is 0. The summed E-state index contributed by atoms with van der Waals surface area (Å²) in [6.45, 7) is 2.59. The normalized spacial score (nSPS) is 10.8. The van der Waals surface area contributed by atoms with Crippen molar-refractivity contribution in [1.82, 2.24) is 9.78 Å². The molecular formula is C12H13BrN2OS. The van der Waals surface area contributed by atoms with E-state index in [4.69, 9.17) is 17.0 Å². The summed E-state index contributed by atoms with van der Waals surface area (Å²) in [6, 6.07) is 8.01. The van der Waals surface area contributed by atoms with E-state index < -0.39 is 0 Å². The van der Waals surface area contributed by atoms with E-state index in [-0.39, 0.29) is 0 Å². The lowest BCUT2D eigenvalue weighted by Gasteiger charge is -2.07. The van der Waals surface area contributed by atoms with E-state index in [1.54, 1.807) is 7.11 Å². The summed E-state index contributed by atoms with van der Waals surface area (Å²) in [4.78, 5) is 0. The van der Waals surface area contributed by atoms with Crippen LogP contribution in [0, 0.1) is 11.6 Å². The Morgan fingerprint density at radius 1 is 1.41 bits per heavy atom. The predicted octanol–water partition coefficient (Wildman–Crippen LogP) is 3.75. The van der Waals surface area contributed by atoms with Crippen LogP contribution in [0.2, 0.25) is 0 Å². The smallest absolute Gasteiger partial charge is 0.128 e. The summed E-state index contributed by atoms with van der Waals surface area (Å²) >= 11 is 8.78. The third-order valence-electron chi connectivity index (χ3n) is 2.47. The summed E-state index contributed by atoms with van der Waals surface area (Å²) < 4.78 is 8.79. The van der Waals surface area contributed by atoms with Gasteiger partial charge in [0.25, 0.3) is 0 Å². The molecule has 0 amide bonds. The van der Waals surface area contributed by atoms with Crippen molar-refractivity contribution in [2.45, 2.75) is 13.5 Å². The monoisotopic (exact) mass is 312 g/mol. The highest BCUT2D eigenvalue weighted by Crippen LogP contribution is 2.19. The SMILES string of the molecule is COCc1cc(=S)n(-c2ccc(Br)cc2C)[nH]1. The molecule has 1 aromatic heterocycles. The summed E-state index contributed by atoms with van der Waals surface area (Å²) in [7, 11) is 1.67. The van der Waals surface area contributed by atoms with Gasteiger partial charge in [-0.05, 0) is 36.8 Å². The van der Waals surface area contributed by atoms with Crippen molar-refractivity contribution in [1.29, 1.82) is 0 Å². The van der Waals surface area contributed by atoms with Gasteiger partial charge in [-0.3, -0.25) is 5.10 Å². The number of benzene rings is 1. The number of aryl methyl sites for hydroxylation is 1. The van der Waals surface area contributed by atoms with Crippen LogP contribution in [0.15, 0.2) is 28.7 Å². The number of aromatic amines is 1. The standard InChI is InChI=1S/C12H13BrN2OS/c1-8-5-9(13)3-4-11(8)15-12(17)6-10(14-15)7-16-2/h3-6,14H,7H2,1-2H3. The van der Waals surface area contributed by atoms with Gasteiger partial charge >= 0.3 is 0 Å². The minimum Gasteiger partial charge on any atom is -0.378 e. The lowest BCUT2D eigenvalue weighted by atomic mass is 10.2. The van der Waals surface area contributed by atoms with Crippen LogP contribution in [-0.4, -0.2) is 16.9 Å². The predicted molar refractivity (Wildman–Crippen MR) is 74.1 cm³/mol. The van der Waals surface area contributed by atoms with Crippen molar-refractivity contribution in [3.8, 4) is 5.69 Å². The molecule has 0 bridgehead atoms. The van der Waals surface area contributed by atoms with Crippen LogP contribution >= 0.6 is 28.1 Å². The van der Waals surface area contributed by atoms with E-state index in [9.17, 15) is 0 Å². The quantitative estimate of drug-likeness (QED) is 0.875.